The highest BCUT2D eigenvalue weighted by atomic mass is 14.3. The first-order valence-corrected chi connectivity index (χ1v) is 6.04. The average Bonchev–Trinajstić information content (AvgIpc) is 2.37. The lowest BCUT2D eigenvalue weighted by molar-refractivity contribution is 0.382. The van der Waals surface area contributed by atoms with Crippen LogP contribution in [0.15, 0.2) is 0 Å². The van der Waals surface area contributed by atoms with Gasteiger partial charge in [0.15, 0.2) is 0 Å². The summed E-state index contributed by atoms with van der Waals surface area (Å²) in [6.45, 7) is 13.2. The smallest absolute Gasteiger partial charge is 0.0354 e. The third kappa shape index (κ3) is 14.8. The highest BCUT2D eigenvalue weighted by Crippen LogP contribution is 2.36. The molecule has 0 nitrogen and oxygen atoms in total. The molecule has 82 valence electrons. The predicted octanol–water partition coefficient (Wildman–Crippen LogP) is 5.42. The first kappa shape index (κ1) is 15.5. The third-order valence-electron chi connectivity index (χ3n) is 1.96. The molecule has 0 N–H and O–H groups in total. The molecule has 0 aromatic heterocycles. The van der Waals surface area contributed by atoms with Gasteiger partial charge in [-0.05, 0) is 18.3 Å². The van der Waals surface area contributed by atoms with E-state index in [1.165, 1.54) is 38.5 Å². The fourth-order valence-corrected chi connectivity index (χ4v) is 1.33. The van der Waals surface area contributed by atoms with Crippen LogP contribution in [0.5, 0.6) is 0 Å². The summed E-state index contributed by atoms with van der Waals surface area (Å²) in [4.78, 5) is 0. The zero-order valence-corrected chi connectivity index (χ0v) is 10.7. The van der Waals surface area contributed by atoms with Crippen LogP contribution in [0.25, 0.3) is 0 Å². The van der Waals surface area contributed by atoms with Crippen molar-refractivity contribution in [2.75, 3.05) is 0 Å². The van der Waals surface area contributed by atoms with Crippen molar-refractivity contribution in [2.45, 2.75) is 80.1 Å². The molecule has 0 spiro atoms. The zero-order chi connectivity index (χ0) is 10.7. The monoisotopic (exact) mass is 186 g/mol. The third-order valence-corrected chi connectivity index (χ3v) is 1.96. The van der Waals surface area contributed by atoms with Crippen LogP contribution in [-0.2, 0) is 0 Å². The van der Waals surface area contributed by atoms with Crippen molar-refractivity contribution >= 4 is 0 Å². The molecule has 0 aliphatic heterocycles. The van der Waals surface area contributed by atoms with Gasteiger partial charge in [0, 0.05) is 0 Å². The van der Waals surface area contributed by atoms with Crippen LogP contribution in [0, 0.1) is 5.41 Å². The minimum absolute atomic E-state index is 0.694. The molecule has 1 fully saturated rings. The maximum atomic E-state index is 2.36. The molecular formula is C13H30. The van der Waals surface area contributed by atoms with Crippen molar-refractivity contribution in [3.63, 3.8) is 0 Å². The van der Waals surface area contributed by atoms with Gasteiger partial charge in [0.05, 0.1) is 0 Å². The van der Waals surface area contributed by atoms with Crippen molar-refractivity contribution in [2.24, 2.45) is 5.41 Å². The Kier molecular flexibility index (Phi) is 12.0. The van der Waals surface area contributed by atoms with Crippen molar-refractivity contribution in [1.29, 1.82) is 0 Å². The van der Waals surface area contributed by atoms with Crippen molar-refractivity contribution in [1.82, 2.24) is 0 Å². The zero-order valence-electron chi connectivity index (χ0n) is 10.7. The van der Waals surface area contributed by atoms with E-state index in [1.807, 2.05) is 0 Å². The SMILES string of the molecule is CC1(C)CCCC1.CCC.CCC. The van der Waals surface area contributed by atoms with E-state index in [0.29, 0.717) is 5.41 Å². The molecule has 0 saturated heterocycles. The van der Waals surface area contributed by atoms with Gasteiger partial charge >= 0.3 is 0 Å². The second-order valence-corrected chi connectivity index (χ2v) is 4.79. The summed E-state index contributed by atoms with van der Waals surface area (Å²) in [6, 6.07) is 0. The van der Waals surface area contributed by atoms with Gasteiger partial charge in [-0.25, -0.2) is 0 Å². The molecule has 0 heterocycles. The lowest BCUT2D eigenvalue weighted by atomic mass is 9.92. The molecule has 1 rings (SSSR count). The van der Waals surface area contributed by atoms with Crippen LogP contribution in [0.3, 0.4) is 0 Å². The Balaban J connectivity index is 0. The normalized spacial score (nSPS) is 18.0. The number of hydrogen-bond acceptors (Lipinski definition) is 0. The van der Waals surface area contributed by atoms with E-state index in [4.69, 9.17) is 0 Å². The Morgan fingerprint density at radius 2 is 1.00 bits per heavy atom. The van der Waals surface area contributed by atoms with Gasteiger partial charge in [0.25, 0.3) is 0 Å². The maximum Gasteiger partial charge on any atom is -0.0354 e. The maximum absolute atomic E-state index is 2.36. The average molecular weight is 186 g/mol. The first-order chi connectivity index (χ1) is 6.04. The van der Waals surface area contributed by atoms with E-state index in [-0.39, 0.29) is 0 Å². The van der Waals surface area contributed by atoms with Gasteiger partial charge in [-0.2, -0.15) is 0 Å². The molecule has 13 heavy (non-hydrogen) atoms. The second kappa shape index (κ2) is 10.1. The van der Waals surface area contributed by atoms with E-state index in [1.54, 1.807) is 0 Å². The van der Waals surface area contributed by atoms with Gasteiger partial charge in [-0.1, -0.05) is 67.2 Å². The van der Waals surface area contributed by atoms with E-state index < -0.39 is 0 Å². The predicted molar refractivity (Wildman–Crippen MR) is 64.2 cm³/mol. The summed E-state index contributed by atoms with van der Waals surface area (Å²) >= 11 is 0. The van der Waals surface area contributed by atoms with Crippen LogP contribution >= 0.6 is 0 Å². The van der Waals surface area contributed by atoms with Gasteiger partial charge < -0.3 is 0 Å². The molecule has 1 saturated carbocycles. The van der Waals surface area contributed by atoms with E-state index >= 15 is 0 Å². The molecule has 1 aliphatic rings. The van der Waals surface area contributed by atoms with Gasteiger partial charge in [0.1, 0.15) is 0 Å². The Hall–Kier alpha value is 0. The molecular weight excluding hydrogens is 156 g/mol. The molecule has 0 amide bonds. The van der Waals surface area contributed by atoms with Crippen LogP contribution in [0.4, 0.5) is 0 Å². The summed E-state index contributed by atoms with van der Waals surface area (Å²) in [7, 11) is 0. The molecule has 0 heteroatoms. The fraction of sp³-hybridized carbons (Fsp3) is 1.00. The topological polar surface area (TPSA) is 0 Å². The second-order valence-electron chi connectivity index (χ2n) is 4.79. The lowest BCUT2D eigenvalue weighted by Crippen LogP contribution is -2.01. The summed E-state index contributed by atoms with van der Waals surface area (Å²) < 4.78 is 0. The van der Waals surface area contributed by atoms with Gasteiger partial charge in [-0.15, -0.1) is 0 Å². The minimum atomic E-state index is 0.694. The lowest BCUT2D eigenvalue weighted by Gasteiger charge is -2.13. The Morgan fingerprint density at radius 3 is 1.08 bits per heavy atom. The molecule has 0 aromatic rings. The van der Waals surface area contributed by atoms with Gasteiger partial charge in [0.2, 0.25) is 0 Å². The summed E-state index contributed by atoms with van der Waals surface area (Å²) in [5.74, 6) is 0. The van der Waals surface area contributed by atoms with Crippen molar-refractivity contribution in [3.8, 4) is 0 Å². The number of rotatable bonds is 0. The molecule has 0 radical (unpaired) electrons. The molecule has 0 aromatic carbocycles. The molecule has 1 aliphatic carbocycles. The van der Waals surface area contributed by atoms with Gasteiger partial charge in [-0.3, -0.25) is 0 Å². The summed E-state index contributed by atoms with van der Waals surface area (Å²) in [5, 5.41) is 0. The number of hydrogen-bond donors (Lipinski definition) is 0. The Labute approximate surface area is 86.1 Å². The van der Waals surface area contributed by atoms with E-state index in [0.717, 1.165) is 0 Å². The molecule has 0 atom stereocenters. The summed E-state index contributed by atoms with van der Waals surface area (Å²) in [5.41, 5.74) is 0.694. The highest BCUT2D eigenvalue weighted by molar-refractivity contribution is 4.74. The quantitative estimate of drug-likeness (QED) is 0.474. The van der Waals surface area contributed by atoms with Crippen LogP contribution < -0.4 is 0 Å². The van der Waals surface area contributed by atoms with Crippen molar-refractivity contribution in [3.05, 3.63) is 0 Å². The summed E-state index contributed by atoms with van der Waals surface area (Å²) in [6.07, 6.45) is 8.33. The standard InChI is InChI=1S/C7H14.2C3H8/c1-7(2)5-3-4-6-7;2*1-3-2/h3-6H2,1-2H3;2*3H2,1-2H3. The first-order valence-electron chi connectivity index (χ1n) is 6.04. The van der Waals surface area contributed by atoms with Crippen molar-refractivity contribution < 1.29 is 0 Å². The van der Waals surface area contributed by atoms with Crippen LogP contribution in [0.1, 0.15) is 80.1 Å². The Bertz CT molecular complexity index is 72.0. The van der Waals surface area contributed by atoms with Crippen LogP contribution in [0.2, 0.25) is 0 Å². The van der Waals surface area contributed by atoms with E-state index in [2.05, 4.69) is 41.5 Å². The highest BCUT2D eigenvalue weighted by Gasteiger charge is 2.21. The molecule has 0 bridgehead atoms. The largest absolute Gasteiger partial charge is 0.0656 e. The van der Waals surface area contributed by atoms with Crippen LogP contribution in [-0.4, -0.2) is 0 Å². The molecule has 0 unspecified atom stereocenters. The fourth-order valence-electron chi connectivity index (χ4n) is 1.33. The minimum Gasteiger partial charge on any atom is -0.0656 e. The van der Waals surface area contributed by atoms with E-state index in [9.17, 15) is 0 Å². The Morgan fingerprint density at radius 1 is 0.769 bits per heavy atom.